The molecule has 1 fully saturated rings. The summed E-state index contributed by atoms with van der Waals surface area (Å²) in [7, 11) is 0. The van der Waals surface area contributed by atoms with Crippen molar-refractivity contribution in [1.29, 1.82) is 0 Å². The summed E-state index contributed by atoms with van der Waals surface area (Å²) in [5.41, 5.74) is 7.96. The van der Waals surface area contributed by atoms with Crippen molar-refractivity contribution in [2.24, 2.45) is 11.7 Å². The number of rotatable bonds is 1. The average molecular weight is 299 g/mol. The van der Waals surface area contributed by atoms with Gasteiger partial charge in [-0.3, -0.25) is 0 Å². The van der Waals surface area contributed by atoms with Gasteiger partial charge in [0.05, 0.1) is 5.92 Å². The van der Waals surface area contributed by atoms with E-state index >= 15 is 0 Å². The number of benzene rings is 1. The van der Waals surface area contributed by atoms with Crippen LogP contribution in [0.25, 0.3) is 0 Å². The fraction of sp³-hybridized carbons (Fsp3) is 0.647. The molecule has 1 aliphatic rings. The van der Waals surface area contributed by atoms with Crippen LogP contribution in [-0.2, 0) is 11.0 Å². The number of alkyl halides is 3. The third-order valence-electron chi connectivity index (χ3n) is 4.64. The molecule has 0 radical (unpaired) electrons. The summed E-state index contributed by atoms with van der Waals surface area (Å²) in [4.78, 5) is 0. The van der Waals surface area contributed by atoms with Crippen LogP contribution in [0, 0.1) is 5.92 Å². The molecule has 1 aromatic rings. The van der Waals surface area contributed by atoms with Crippen molar-refractivity contribution < 1.29 is 13.2 Å². The Bertz CT molecular complexity index is 491. The molecule has 2 N–H and O–H groups in total. The second-order valence-corrected chi connectivity index (χ2v) is 7.30. The van der Waals surface area contributed by atoms with Crippen molar-refractivity contribution in [2.75, 3.05) is 0 Å². The highest BCUT2D eigenvalue weighted by atomic mass is 19.4. The Hall–Kier alpha value is -1.03. The van der Waals surface area contributed by atoms with E-state index in [0.717, 1.165) is 5.56 Å². The second-order valence-electron chi connectivity index (χ2n) is 7.30. The van der Waals surface area contributed by atoms with Gasteiger partial charge in [0, 0.05) is 5.54 Å². The van der Waals surface area contributed by atoms with Crippen LogP contribution in [0.2, 0.25) is 0 Å². The van der Waals surface area contributed by atoms with Gasteiger partial charge in [-0.05, 0) is 42.2 Å². The van der Waals surface area contributed by atoms with Crippen molar-refractivity contribution in [3.8, 4) is 0 Å². The zero-order chi connectivity index (χ0) is 15.9. The van der Waals surface area contributed by atoms with Gasteiger partial charge >= 0.3 is 6.18 Å². The summed E-state index contributed by atoms with van der Waals surface area (Å²) < 4.78 is 38.3. The van der Waals surface area contributed by atoms with Gasteiger partial charge in [0.25, 0.3) is 0 Å². The minimum absolute atomic E-state index is 0.00947. The van der Waals surface area contributed by atoms with Gasteiger partial charge in [-0.2, -0.15) is 13.2 Å². The van der Waals surface area contributed by atoms with E-state index in [1.807, 2.05) is 18.2 Å². The third kappa shape index (κ3) is 3.60. The molecule has 0 bridgehead atoms. The number of nitrogens with two attached hydrogens (primary N) is 1. The predicted octanol–water partition coefficient (Wildman–Crippen LogP) is 4.89. The van der Waals surface area contributed by atoms with Crippen LogP contribution >= 0.6 is 0 Å². The lowest BCUT2D eigenvalue weighted by Gasteiger charge is -2.38. The van der Waals surface area contributed by atoms with Gasteiger partial charge in [0.15, 0.2) is 0 Å². The molecular formula is C17H24F3N. The fourth-order valence-electron chi connectivity index (χ4n) is 3.04. The topological polar surface area (TPSA) is 26.0 Å². The highest BCUT2D eigenvalue weighted by molar-refractivity contribution is 5.33. The first-order chi connectivity index (χ1) is 9.52. The number of hydrogen-bond donors (Lipinski definition) is 1. The molecule has 0 unspecified atom stereocenters. The maximum Gasteiger partial charge on any atom is 0.391 e. The Labute approximate surface area is 124 Å². The Morgan fingerprint density at radius 3 is 2.14 bits per heavy atom. The minimum Gasteiger partial charge on any atom is -0.321 e. The van der Waals surface area contributed by atoms with Crippen LogP contribution in [-0.4, -0.2) is 6.18 Å². The van der Waals surface area contributed by atoms with E-state index in [-0.39, 0.29) is 18.3 Å². The molecule has 1 saturated carbocycles. The van der Waals surface area contributed by atoms with Crippen LogP contribution < -0.4 is 5.73 Å². The summed E-state index contributed by atoms with van der Waals surface area (Å²) in [6, 6.07) is 8.02. The van der Waals surface area contributed by atoms with Crippen molar-refractivity contribution >= 4 is 0 Å². The summed E-state index contributed by atoms with van der Waals surface area (Å²) in [6.45, 7) is 6.36. The first-order valence-electron chi connectivity index (χ1n) is 7.49. The maximum atomic E-state index is 12.8. The smallest absolute Gasteiger partial charge is 0.321 e. The first-order valence-corrected chi connectivity index (χ1v) is 7.49. The molecule has 0 aliphatic heterocycles. The SMILES string of the molecule is CC(C)(C)c1cccc(C2(N)CCC(C(F)(F)F)CC2)c1. The molecule has 1 nitrogen and oxygen atoms in total. The molecular weight excluding hydrogens is 275 g/mol. The molecule has 1 aliphatic carbocycles. The van der Waals surface area contributed by atoms with Crippen LogP contribution in [0.5, 0.6) is 0 Å². The highest BCUT2D eigenvalue weighted by Gasteiger charge is 2.45. The van der Waals surface area contributed by atoms with Crippen LogP contribution in [0.3, 0.4) is 0 Å². The quantitative estimate of drug-likeness (QED) is 0.785. The van der Waals surface area contributed by atoms with Gasteiger partial charge in [0.1, 0.15) is 0 Å². The third-order valence-corrected chi connectivity index (χ3v) is 4.64. The van der Waals surface area contributed by atoms with E-state index in [1.54, 1.807) is 0 Å². The largest absolute Gasteiger partial charge is 0.391 e. The van der Waals surface area contributed by atoms with Crippen LogP contribution in [0.4, 0.5) is 13.2 Å². The molecule has 2 rings (SSSR count). The van der Waals surface area contributed by atoms with Crippen molar-refractivity contribution in [1.82, 2.24) is 0 Å². The van der Waals surface area contributed by atoms with E-state index in [2.05, 4.69) is 26.8 Å². The van der Waals surface area contributed by atoms with E-state index in [9.17, 15) is 13.2 Å². The Kier molecular flexibility index (Phi) is 4.13. The molecule has 0 spiro atoms. The summed E-state index contributed by atoms with van der Waals surface area (Å²) in [5, 5.41) is 0. The Morgan fingerprint density at radius 2 is 1.67 bits per heavy atom. The minimum atomic E-state index is -4.09. The Balaban J connectivity index is 2.19. The molecule has 118 valence electrons. The summed E-state index contributed by atoms with van der Waals surface area (Å²) in [6.07, 6.45) is -3.05. The molecule has 0 aromatic heterocycles. The summed E-state index contributed by atoms with van der Waals surface area (Å²) >= 11 is 0. The van der Waals surface area contributed by atoms with E-state index in [0.29, 0.717) is 12.8 Å². The molecule has 0 saturated heterocycles. The highest BCUT2D eigenvalue weighted by Crippen LogP contribution is 2.44. The van der Waals surface area contributed by atoms with Crippen LogP contribution in [0.1, 0.15) is 57.6 Å². The number of halogens is 3. The lowest BCUT2D eigenvalue weighted by molar-refractivity contribution is -0.184. The fourth-order valence-corrected chi connectivity index (χ4v) is 3.04. The van der Waals surface area contributed by atoms with Crippen molar-refractivity contribution in [2.45, 2.75) is 63.6 Å². The van der Waals surface area contributed by atoms with Crippen LogP contribution in [0.15, 0.2) is 24.3 Å². The summed E-state index contributed by atoms with van der Waals surface area (Å²) in [5.74, 6) is -1.19. The second kappa shape index (κ2) is 5.31. The monoisotopic (exact) mass is 299 g/mol. The standard InChI is InChI=1S/C17H24F3N/c1-15(2,3)13-5-4-6-14(11-13)16(21)9-7-12(8-10-16)17(18,19)20/h4-6,11-12H,7-10,21H2,1-3H3. The zero-order valence-corrected chi connectivity index (χ0v) is 12.9. The average Bonchev–Trinajstić information content (AvgIpc) is 2.37. The lowest BCUT2D eigenvalue weighted by Crippen LogP contribution is -2.43. The van der Waals surface area contributed by atoms with E-state index in [4.69, 9.17) is 5.73 Å². The molecule has 21 heavy (non-hydrogen) atoms. The van der Waals surface area contributed by atoms with Crippen molar-refractivity contribution in [3.63, 3.8) is 0 Å². The number of hydrogen-bond acceptors (Lipinski definition) is 1. The zero-order valence-electron chi connectivity index (χ0n) is 12.9. The van der Waals surface area contributed by atoms with E-state index < -0.39 is 17.6 Å². The van der Waals surface area contributed by atoms with Crippen molar-refractivity contribution in [3.05, 3.63) is 35.4 Å². The first kappa shape index (κ1) is 16.3. The molecule has 1 aromatic carbocycles. The Morgan fingerprint density at radius 1 is 1.10 bits per heavy atom. The van der Waals surface area contributed by atoms with Gasteiger partial charge in [0.2, 0.25) is 0 Å². The van der Waals surface area contributed by atoms with Gasteiger partial charge in [-0.1, -0.05) is 45.0 Å². The molecule has 4 heteroatoms. The van der Waals surface area contributed by atoms with E-state index in [1.165, 1.54) is 5.56 Å². The van der Waals surface area contributed by atoms with Gasteiger partial charge < -0.3 is 5.73 Å². The lowest BCUT2D eigenvalue weighted by atomic mass is 9.72. The molecule has 0 heterocycles. The molecule has 0 atom stereocenters. The van der Waals surface area contributed by atoms with Gasteiger partial charge in [-0.15, -0.1) is 0 Å². The molecule has 0 amide bonds. The maximum absolute atomic E-state index is 12.8. The predicted molar refractivity (Wildman–Crippen MR) is 79.0 cm³/mol. The normalized spacial score (nSPS) is 27.7. The van der Waals surface area contributed by atoms with Gasteiger partial charge in [-0.25, -0.2) is 0 Å².